The van der Waals surface area contributed by atoms with Gasteiger partial charge in [0, 0.05) is 6.08 Å². The minimum atomic E-state index is -2.86. The first-order chi connectivity index (χ1) is 11.6. The third kappa shape index (κ3) is 4.14. The summed E-state index contributed by atoms with van der Waals surface area (Å²) >= 11 is 1.39. The topological polar surface area (TPSA) is 51.2 Å². The van der Waals surface area contributed by atoms with Crippen LogP contribution < -0.4 is 10.1 Å². The summed E-state index contributed by atoms with van der Waals surface area (Å²) in [6, 6.07) is 13.6. The third-order valence-electron chi connectivity index (χ3n) is 3.06. The van der Waals surface area contributed by atoms with Crippen molar-refractivity contribution in [3.05, 3.63) is 60.2 Å². The standard InChI is InChI=1S/C17H12F2N2O2S/c18-16(19)23-12-8-5-11(6-9-12)7-10-15(22)21-17-20-13-3-1-2-4-14(13)24-17/h1-10,16H,(H,20,21,22)/b10-7+. The molecule has 1 heterocycles. The number of anilines is 1. The summed E-state index contributed by atoms with van der Waals surface area (Å²) in [5.41, 5.74) is 1.52. The number of fused-ring (bicyclic) bond motifs is 1. The van der Waals surface area contributed by atoms with Crippen LogP contribution in [0.4, 0.5) is 13.9 Å². The lowest BCUT2D eigenvalue weighted by Crippen LogP contribution is -2.07. The third-order valence-corrected chi connectivity index (χ3v) is 4.01. The number of ether oxygens (including phenoxy) is 1. The first kappa shape index (κ1) is 16.1. The van der Waals surface area contributed by atoms with Gasteiger partial charge in [0.2, 0.25) is 5.91 Å². The molecule has 4 nitrogen and oxygen atoms in total. The molecule has 24 heavy (non-hydrogen) atoms. The predicted octanol–water partition coefficient (Wildman–Crippen LogP) is 4.55. The molecule has 1 N–H and O–H groups in total. The molecule has 0 aliphatic heterocycles. The summed E-state index contributed by atoms with van der Waals surface area (Å²) in [4.78, 5) is 16.2. The van der Waals surface area contributed by atoms with Crippen LogP contribution in [-0.2, 0) is 4.79 Å². The van der Waals surface area contributed by atoms with Gasteiger partial charge in [-0.3, -0.25) is 10.1 Å². The smallest absolute Gasteiger partial charge is 0.387 e. The molecule has 3 aromatic rings. The van der Waals surface area contributed by atoms with Crippen LogP contribution in [0.15, 0.2) is 54.6 Å². The van der Waals surface area contributed by atoms with Crippen LogP contribution in [0.25, 0.3) is 16.3 Å². The van der Waals surface area contributed by atoms with E-state index in [4.69, 9.17) is 0 Å². The van der Waals surface area contributed by atoms with Crippen molar-refractivity contribution in [3.8, 4) is 5.75 Å². The van der Waals surface area contributed by atoms with Gasteiger partial charge in [-0.2, -0.15) is 8.78 Å². The molecule has 0 aliphatic carbocycles. The van der Waals surface area contributed by atoms with E-state index in [1.165, 1.54) is 29.5 Å². The van der Waals surface area contributed by atoms with E-state index in [0.717, 1.165) is 10.2 Å². The second kappa shape index (κ2) is 7.18. The van der Waals surface area contributed by atoms with Crippen molar-refractivity contribution in [2.45, 2.75) is 6.61 Å². The van der Waals surface area contributed by atoms with Gasteiger partial charge in [0.15, 0.2) is 5.13 Å². The average Bonchev–Trinajstić information content (AvgIpc) is 2.96. The summed E-state index contributed by atoms with van der Waals surface area (Å²) < 4.78 is 29.4. The maximum atomic E-state index is 12.1. The van der Waals surface area contributed by atoms with Crippen molar-refractivity contribution in [1.29, 1.82) is 0 Å². The van der Waals surface area contributed by atoms with Crippen molar-refractivity contribution in [3.63, 3.8) is 0 Å². The first-order valence-corrected chi connectivity index (χ1v) is 7.81. The SMILES string of the molecule is O=C(/C=C/c1ccc(OC(F)F)cc1)Nc1nc2ccccc2s1. The van der Waals surface area contributed by atoms with Gasteiger partial charge < -0.3 is 4.74 Å². The minimum Gasteiger partial charge on any atom is -0.435 e. The number of halogens is 2. The number of hydrogen-bond acceptors (Lipinski definition) is 4. The van der Waals surface area contributed by atoms with Crippen molar-refractivity contribution < 1.29 is 18.3 Å². The number of nitrogens with zero attached hydrogens (tertiary/aromatic N) is 1. The van der Waals surface area contributed by atoms with Crippen molar-refractivity contribution in [1.82, 2.24) is 4.98 Å². The van der Waals surface area contributed by atoms with Crippen LogP contribution in [0.5, 0.6) is 5.75 Å². The second-order valence-corrected chi connectivity index (χ2v) is 5.79. The number of alkyl halides is 2. The molecule has 0 radical (unpaired) electrons. The molecule has 0 spiro atoms. The van der Waals surface area contributed by atoms with Gasteiger partial charge in [0.25, 0.3) is 0 Å². The summed E-state index contributed by atoms with van der Waals surface area (Å²) in [6.07, 6.45) is 2.93. The molecule has 122 valence electrons. The Morgan fingerprint density at radius 3 is 2.62 bits per heavy atom. The van der Waals surface area contributed by atoms with E-state index in [1.54, 1.807) is 18.2 Å². The Bertz CT molecular complexity index is 843. The molecule has 0 unspecified atom stereocenters. The molecule has 0 fully saturated rings. The Labute approximate surface area is 140 Å². The van der Waals surface area contributed by atoms with Crippen LogP contribution >= 0.6 is 11.3 Å². The number of nitrogens with one attached hydrogen (secondary N) is 1. The molecular formula is C17H12F2N2O2S. The monoisotopic (exact) mass is 346 g/mol. The molecule has 0 saturated carbocycles. The zero-order chi connectivity index (χ0) is 16.9. The number of thiazole rings is 1. The zero-order valence-electron chi connectivity index (χ0n) is 12.3. The van der Waals surface area contributed by atoms with Gasteiger partial charge in [0.05, 0.1) is 10.2 Å². The number of aromatic nitrogens is 1. The Kier molecular flexibility index (Phi) is 4.81. The minimum absolute atomic E-state index is 0.0704. The van der Waals surface area contributed by atoms with Gasteiger partial charge in [-0.15, -0.1) is 0 Å². The number of amides is 1. The molecule has 1 amide bonds. The molecule has 0 saturated heterocycles. The molecule has 1 aromatic heterocycles. The van der Waals surface area contributed by atoms with Crippen LogP contribution in [0.2, 0.25) is 0 Å². The van der Waals surface area contributed by atoms with Crippen LogP contribution in [-0.4, -0.2) is 17.5 Å². The lowest BCUT2D eigenvalue weighted by atomic mass is 10.2. The van der Waals surface area contributed by atoms with Gasteiger partial charge in [0.1, 0.15) is 5.75 Å². The van der Waals surface area contributed by atoms with Gasteiger partial charge in [-0.25, -0.2) is 4.98 Å². The van der Waals surface area contributed by atoms with Crippen molar-refractivity contribution in [2.24, 2.45) is 0 Å². The highest BCUT2D eigenvalue weighted by Crippen LogP contribution is 2.25. The number of carbonyl (C=O) groups is 1. The van der Waals surface area contributed by atoms with E-state index < -0.39 is 6.61 Å². The number of hydrogen-bond donors (Lipinski definition) is 1. The predicted molar refractivity (Wildman–Crippen MR) is 90.4 cm³/mol. The van der Waals surface area contributed by atoms with E-state index >= 15 is 0 Å². The largest absolute Gasteiger partial charge is 0.435 e. The number of rotatable bonds is 5. The van der Waals surface area contributed by atoms with E-state index in [-0.39, 0.29) is 11.7 Å². The van der Waals surface area contributed by atoms with Crippen LogP contribution in [0, 0.1) is 0 Å². The van der Waals surface area contributed by atoms with Crippen molar-refractivity contribution in [2.75, 3.05) is 5.32 Å². The fourth-order valence-corrected chi connectivity index (χ4v) is 2.87. The zero-order valence-corrected chi connectivity index (χ0v) is 13.1. The summed E-state index contributed by atoms with van der Waals surface area (Å²) in [5, 5.41) is 3.22. The molecule has 3 rings (SSSR count). The number of carbonyl (C=O) groups excluding carboxylic acids is 1. The molecule has 0 bridgehead atoms. The second-order valence-electron chi connectivity index (χ2n) is 4.76. The Morgan fingerprint density at radius 1 is 1.17 bits per heavy atom. The summed E-state index contributed by atoms with van der Waals surface area (Å²) in [6.45, 7) is -2.86. The van der Waals surface area contributed by atoms with Gasteiger partial charge >= 0.3 is 6.61 Å². The maximum Gasteiger partial charge on any atom is 0.387 e. The molecule has 0 atom stereocenters. The first-order valence-electron chi connectivity index (χ1n) is 7.00. The van der Waals surface area contributed by atoms with Gasteiger partial charge in [-0.1, -0.05) is 35.6 Å². The molecule has 2 aromatic carbocycles. The Morgan fingerprint density at radius 2 is 1.92 bits per heavy atom. The fourth-order valence-electron chi connectivity index (χ4n) is 2.01. The maximum absolute atomic E-state index is 12.1. The Hall–Kier alpha value is -2.80. The lowest BCUT2D eigenvalue weighted by molar-refractivity contribution is -0.111. The van der Waals surface area contributed by atoms with Crippen molar-refractivity contribution >= 4 is 38.7 Å². The van der Waals surface area contributed by atoms with E-state index in [1.807, 2.05) is 24.3 Å². The number of benzene rings is 2. The van der Waals surface area contributed by atoms with Crippen LogP contribution in [0.1, 0.15) is 5.56 Å². The fraction of sp³-hybridized carbons (Fsp3) is 0.0588. The summed E-state index contributed by atoms with van der Waals surface area (Å²) in [7, 11) is 0. The number of para-hydroxylation sites is 1. The Balaban J connectivity index is 1.62. The van der Waals surface area contributed by atoms with E-state index in [2.05, 4.69) is 15.0 Å². The van der Waals surface area contributed by atoms with Gasteiger partial charge in [-0.05, 0) is 35.9 Å². The quantitative estimate of drug-likeness (QED) is 0.690. The van der Waals surface area contributed by atoms with Crippen LogP contribution in [0.3, 0.4) is 0 Å². The normalized spacial score (nSPS) is 11.3. The molecule has 0 aliphatic rings. The van der Waals surface area contributed by atoms with E-state index in [0.29, 0.717) is 10.7 Å². The molecular weight excluding hydrogens is 334 g/mol. The molecule has 7 heteroatoms. The highest BCUT2D eigenvalue weighted by atomic mass is 32.1. The highest BCUT2D eigenvalue weighted by Gasteiger charge is 2.05. The average molecular weight is 346 g/mol. The van der Waals surface area contributed by atoms with E-state index in [9.17, 15) is 13.6 Å². The lowest BCUT2D eigenvalue weighted by Gasteiger charge is -2.03. The highest BCUT2D eigenvalue weighted by molar-refractivity contribution is 7.22. The summed E-state index contributed by atoms with van der Waals surface area (Å²) in [5.74, 6) is -0.247.